The van der Waals surface area contributed by atoms with Gasteiger partial charge in [-0.1, -0.05) is 30.3 Å². The van der Waals surface area contributed by atoms with Gasteiger partial charge in [0.05, 0.1) is 16.3 Å². The molecule has 0 aliphatic carbocycles. The maximum atomic E-state index is 13.4. The minimum absolute atomic E-state index is 0.0626. The molecule has 35 heavy (non-hydrogen) atoms. The number of rotatable bonds is 5. The van der Waals surface area contributed by atoms with E-state index in [0.717, 1.165) is 32.4 Å². The van der Waals surface area contributed by atoms with Gasteiger partial charge in [0.25, 0.3) is 0 Å². The van der Waals surface area contributed by atoms with E-state index in [9.17, 15) is 18.0 Å². The van der Waals surface area contributed by atoms with E-state index in [1.807, 2.05) is 11.0 Å². The number of benzene rings is 2. The monoisotopic (exact) mass is 497 g/mol. The van der Waals surface area contributed by atoms with Gasteiger partial charge in [-0.15, -0.1) is 0 Å². The third-order valence-electron chi connectivity index (χ3n) is 7.43. The second kappa shape index (κ2) is 9.62. The summed E-state index contributed by atoms with van der Waals surface area (Å²) in [4.78, 5) is 27.1. The van der Waals surface area contributed by atoms with Crippen LogP contribution in [0.4, 0.5) is 0 Å². The zero-order valence-corrected chi connectivity index (χ0v) is 20.7. The lowest BCUT2D eigenvalue weighted by molar-refractivity contribution is -0.138. The van der Waals surface area contributed by atoms with Gasteiger partial charge in [0, 0.05) is 39.3 Å². The average molecular weight is 498 g/mol. The Bertz CT molecular complexity index is 1370. The van der Waals surface area contributed by atoms with Gasteiger partial charge in [-0.05, 0) is 55.7 Å². The highest BCUT2D eigenvalue weighted by Crippen LogP contribution is 2.29. The van der Waals surface area contributed by atoms with Crippen LogP contribution in [0.15, 0.2) is 62.6 Å². The highest BCUT2D eigenvalue weighted by molar-refractivity contribution is 7.89. The van der Waals surface area contributed by atoms with E-state index in [1.54, 1.807) is 13.1 Å². The molecule has 3 aromatic rings. The number of carbonyl (C=O) groups excluding carboxylic acids is 1. The number of piperidine rings is 2. The fourth-order valence-electron chi connectivity index (χ4n) is 5.35. The van der Waals surface area contributed by atoms with Crippen molar-refractivity contribution in [3.05, 3.63) is 64.6 Å². The van der Waals surface area contributed by atoms with Crippen LogP contribution in [-0.4, -0.2) is 54.3 Å². The topological polar surface area (TPSA) is 92.8 Å². The molecule has 0 N–H and O–H groups in total. The largest absolute Gasteiger partial charge is 0.419 e. The third-order valence-corrected chi connectivity index (χ3v) is 9.29. The molecule has 2 saturated heterocycles. The minimum atomic E-state index is -3.81. The molecule has 1 aromatic heterocycles. The van der Waals surface area contributed by atoms with Gasteiger partial charge in [-0.25, -0.2) is 13.2 Å². The summed E-state index contributed by atoms with van der Waals surface area (Å²) in [5, 5.41) is 0. The average Bonchev–Trinajstić information content (AvgIpc) is 3.17. The number of fused-ring (bicyclic) bond motifs is 1. The molecule has 2 aromatic carbocycles. The first-order valence-electron chi connectivity index (χ1n) is 12.3. The van der Waals surface area contributed by atoms with Gasteiger partial charge in [0.15, 0.2) is 5.58 Å². The molecule has 2 aliphatic heterocycles. The molecule has 9 heteroatoms. The zero-order chi connectivity index (χ0) is 24.6. The minimum Gasteiger partial charge on any atom is -0.408 e. The van der Waals surface area contributed by atoms with Crippen LogP contribution in [0.1, 0.15) is 31.2 Å². The molecule has 2 aliphatic rings. The number of amides is 1. The number of hydrogen-bond acceptors (Lipinski definition) is 5. The molecule has 8 nitrogen and oxygen atoms in total. The summed E-state index contributed by atoms with van der Waals surface area (Å²) in [5.41, 5.74) is 2.11. The first kappa shape index (κ1) is 23.8. The van der Waals surface area contributed by atoms with Crippen LogP contribution in [0.2, 0.25) is 0 Å². The highest BCUT2D eigenvalue weighted by Gasteiger charge is 2.36. The molecular formula is C26H31N3O5S. The number of aryl methyl sites for hydroxylation is 1. The number of carbonyl (C=O) groups is 1. The lowest BCUT2D eigenvalue weighted by Crippen LogP contribution is -2.48. The summed E-state index contributed by atoms with van der Waals surface area (Å²) in [5.74, 6) is -0.237. The molecule has 0 saturated carbocycles. The van der Waals surface area contributed by atoms with E-state index in [1.165, 1.54) is 26.6 Å². The predicted octanol–water partition coefficient (Wildman–Crippen LogP) is 3.01. The molecule has 1 amide bonds. The smallest absolute Gasteiger partial charge is 0.408 e. The van der Waals surface area contributed by atoms with Gasteiger partial charge in [-0.2, -0.15) is 4.31 Å². The van der Waals surface area contributed by atoms with Crippen LogP contribution in [0.3, 0.4) is 0 Å². The van der Waals surface area contributed by atoms with Gasteiger partial charge in [0.1, 0.15) is 0 Å². The highest BCUT2D eigenvalue weighted by atomic mass is 32.2. The van der Waals surface area contributed by atoms with Crippen molar-refractivity contribution >= 4 is 27.0 Å². The van der Waals surface area contributed by atoms with Crippen LogP contribution in [0, 0.1) is 11.8 Å². The lowest BCUT2D eigenvalue weighted by Gasteiger charge is -2.37. The fourth-order valence-corrected chi connectivity index (χ4v) is 6.89. The van der Waals surface area contributed by atoms with Crippen LogP contribution < -0.4 is 5.76 Å². The maximum Gasteiger partial charge on any atom is 0.419 e. The Labute approximate surface area is 205 Å². The van der Waals surface area contributed by atoms with Crippen molar-refractivity contribution in [1.82, 2.24) is 13.8 Å². The van der Waals surface area contributed by atoms with E-state index in [0.29, 0.717) is 30.8 Å². The van der Waals surface area contributed by atoms with Gasteiger partial charge >= 0.3 is 5.76 Å². The summed E-state index contributed by atoms with van der Waals surface area (Å²) in [6.45, 7) is 2.01. The van der Waals surface area contributed by atoms with Gasteiger partial charge < -0.3 is 9.32 Å². The van der Waals surface area contributed by atoms with E-state index in [4.69, 9.17) is 4.42 Å². The van der Waals surface area contributed by atoms with Gasteiger partial charge in [0.2, 0.25) is 15.9 Å². The molecule has 1 unspecified atom stereocenters. The van der Waals surface area contributed by atoms with Crippen molar-refractivity contribution in [2.24, 2.45) is 18.9 Å². The van der Waals surface area contributed by atoms with E-state index in [2.05, 4.69) is 24.3 Å². The first-order chi connectivity index (χ1) is 16.8. The quantitative estimate of drug-likeness (QED) is 0.540. The Balaban J connectivity index is 1.23. The molecule has 3 heterocycles. The number of hydrogen-bond donors (Lipinski definition) is 0. The van der Waals surface area contributed by atoms with Crippen LogP contribution in [-0.2, 0) is 28.3 Å². The SMILES string of the molecule is Cn1c(=O)oc2cc(S(=O)(=O)N3CCCC(C(=O)N4CCC(Cc5ccccc5)CC4)C3)ccc21. The number of aromatic nitrogens is 1. The second-order valence-corrected chi connectivity index (χ2v) is 11.7. The maximum absolute atomic E-state index is 13.4. The van der Waals surface area contributed by atoms with Crippen LogP contribution in [0.5, 0.6) is 0 Å². The predicted molar refractivity (Wildman–Crippen MR) is 132 cm³/mol. The summed E-state index contributed by atoms with van der Waals surface area (Å²) in [7, 11) is -2.23. The van der Waals surface area contributed by atoms with Crippen molar-refractivity contribution in [2.45, 2.75) is 37.0 Å². The summed E-state index contributed by atoms with van der Waals surface area (Å²) < 4.78 is 34.6. The zero-order valence-electron chi connectivity index (χ0n) is 19.9. The normalized spacial score (nSPS) is 20.4. The van der Waals surface area contributed by atoms with Crippen molar-refractivity contribution < 1.29 is 17.6 Å². The Hall–Kier alpha value is -2.91. The Kier molecular flexibility index (Phi) is 6.55. The molecular weight excluding hydrogens is 466 g/mol. The molecule has 0 radical (unpaired) electrons. The Morgan fingerprint density at radius 1 is 1.03 bits per heavy atom. The molecule has 0 spiro atoms. The summed E-state index contributed by atoms with van der Waals surface area (Å²) in [6, 6.07) is 14.9. The molecule has 2 fully saturated rings. The van der Waals surface area contributed by atoms with Crippen LogP contribution >= 0.6 is 0 Å². The van der Waals surface area contributed by atoms with E-state index < -0.39 is 15.8 Å². The molecule has 0 bridgehead atoms. The summed E-state index contributed by atoms with van der Waals surface area (Å²) in [6.07, 6.45) is 4.31. The van der Waals surface area contributed by atoms with Gasteiger partial charge in [-0.3, -0.25) is 9.36 Å². The number of nitrogens with zero attached hydrogens (tertiary/aromatic N) is 3. The fraction of sp³-hybridized carbons (Fsp3) is 0.462. The lowest BCUT2D eigenvalue weighted by atomic mass is 9.89. The Morgan fingerprint density at radius 2 is 1.77 bits per heavy atom. The summed E-state index contributed by atoms with van der Waals surface area (Å²) >= 11 is 0. The van der Waals surface area contributed by atoms with E-state index >= 15 is 0 Å². The molecule has 5 rings (SSSR count). The van der Waals surface area contributed by atoms with Crippen molar-refractivity contribution in [3.8, 4) is 0 Å². The standard InChI is InChI=1S/C26H31N3O5S/c1-27-23-10-9-22(17-24(23)34-26(27)31)35(32,33)29-13-5-8-21(18-29)25(30)28-14-11-20(12-15-28)16-19-6-3-2-4-7-19/h2-4,6-7,9-10,17,20-21H,5,8,11-16,18H2,1H3. The van der Waals surface area contributed by atoms with Crippen molar-refractivity contribution in [2.75, 3.05) is 26.2 Å². The Morgan fingerprint density at radius 3 is 2.51 bits per heavy atom. The van der Waals surface area contributed by atoms with Crippen molar-refractivity contribution in [1.29, 1.82) is 0 Å². The van der Waals surface area contributed by atoms with Crippen LogP contribution in [0.25, 0.3) is 11.1 Å². The van der Waals surface area contributed by atoms with Crippen molar-refractivity contribution in [3.63, 3.8) is 0 Å². The second-order valence-electron chi connectivity index (χ2n) is 9.72. The third kappa shape index (κ3) is 4.79. The first-order valence-corrected chi connectivity index (χ1v) is 13.7. The van der Waals surface area contributed by atoms with E-state index in [-0.39, 0.29) is 28.8 Å². The molecule has 186 valence electrons. The molecule has 1 atom stereocenters. The number of oxazole rings is 1. The number of sulfonamides is 1. The number of likely N-dealkylation sites (tertiary alicyclic amines) is 1.